The number of hydrogen-bond donors (Lipinski definition) is 1. The number of carbonyl (C=O) groups is 1. The van der Waals surface area contributed by atoms with Crippen LogP contribution in [0.2, 0.25) is 0 Å². The molecule has 126 valence electrons. The number of benzene rings is 1. The maximum Gasteiger partial charge on any atom is 0.234 e. The lowest BCUT2D eigenvalue weighted by molar-refractivity contribution is -0.120. The van der Waals surface area contributed by atoms with Crippen molar-refractivity contribution in [3.05, 3.63) is 53.3 Å². The number of likely N-dealkylation sites (N-methyl/N-ethyl adjacent to an activating group) is 1. The Morgan fingerprint density at radius 2 is 2.12 bits per heavy atom. The average Bonchev–Trinajstić information content (AvgIpc) is 2.63. The predicted octanol–water partition coefficient (Wildman–Crippen LogP) is 3.82. The van der Waals surface area contributed by atoms with Crippen molar-refractivity contribution in [2.24, 2.45) is 0 Å². The van der Waals surface area contributed by atoms with Gasteiger partial charge in [0.1, 0.15) is 5.75 Å². The lowest BCUT2D eigenvalue weighted by atomic mass is 9.81. The molecule has 3 rings (SSSR count). The molecule has 4 heteroatoms. The highest BCUT2D eigenvalue weighted by molar-refractivity contribution is 5.98. The third kappa shape index (κ3) is 3.01. The number of aromatic hydroxyl groups is 1. The molecule has 1 aromatic carbocycles. The summed E-state index contributed by atoms with van der Waals surface area (Å²) in [6, 6.07) is 9.46. The van der Waals surface area contributed by atoms with Crippen LogP contribution in [-0.2, 0) is 17.6 Å². The van der Waals surface area contributed by atoms with Crippen LogP contribution in [-0.4, -0.2) is 22.5 Å². The highest BCUT2D eigenvalue weighted by atomic mass is 16.3. The zero-order valence-corrected chi connectivity index (χ0v) is 14.3. The number of amides is 1. The molecule has 0 aliphatic heterocycles. The van der Waals surface area contributed by atoms with Gasteiger partial charge in [-0.05, 0) is 61.9 Å². The van der Waals surface area contributed by atoms with Crippen molar-refractivity contribution in [3.63, 3.8) is 0 Å². The van der Waals surface area contributed by atoms with E-state index in [1.54, 1.807) is 17.2 Å². The van der Waals surface area contributed by atoms with Crippen molar-refractivity contribution in [2.75, 3.05) is 11.4 Å². The van der Waals surface area contributed by atoms with Gasteiger partial charge in [-0.1, -0.05) is 19.1 Å². The Morgan fingerprint density at radius 1 is 1.29 bits per heavy atom. The molecule has 0 radical (unpaired) electrons. The van der Waals surface area contributed by atoms with Crippen molar-refractivity contribution in [1.29, 1.82) is 0 Å². The van der Waals surface area contributed by atoms with E-state index in [4.69, 9.17) is 0 Å². The maximum absolute atomic E-state index is 13.2. The number of pyridine rings is 1. The lowest BCUT2D eigenvalue weighted by Crippen LogP contribution is -2.36. The summed E-state index contributed by atoms with van der Waals surface area (Å²) in [5.74, 6) is 0.212. The van der Waals surface area contributed by atoms with Gasteiger partial charge in [0.2, 0.25) is 5.91 Å². The fourth-order valence-electron chi connectivity index (χ4n) is 3.53. The Balaban J connectivity index is 1.91. The van der Waals surface area contributed by atoms with Crippen molar-refractivity contribution < 1.29 is 9.90 Å². The second-order valence-corrected chi connectivity index (χ2v) is 6.23. The quantitative estimate of drug-likeness (QED) is 0.930. The molecule has 1 aliphatic rings. The Labute approximate surface area is 143 Å². The van der Waals surface area contributed by atoms with Crippen molar-refractivity contribution in [2.45, 2.75) is 45.4 Å². The van der Waals surface area contributed by atoms with Gasteiger partial charge in [-0.3, -0.25) is 9.78 Å². The van der Waals surface area contributed by atoms with Gasteiger partial charge in [-0.2, -0.15) is 0 Å². The Bertz CT molecular complexity index is 725. The average molecular weight is 324 g/mol. The fraction of sp³-hybridized carbons (Fsp3) is 0.400. The minimum atomic E-state index is -0.188. The van der Waals surface area contributed by atoms with Gasteiger partial charge < -0.3 is 10.0 Å². The number of nitrogens with zero attached hydrogens (tertiary/aromatic N) is 2. The Hall–Kier alpha value is -2.36. The van der Waals surface area contributed by atoms with Crippen LogP contribution in [0.15, 0.2) is 36.5 Å². The second kappa shape index (κ2) is 7.04. The van der Waals surface area contributed by atoms with E-state index in [9.17, 15) is 9.90 Å². The summed E-state index contributed by atoms with van der Waals surface area (Å²) >= 11 is 0. The van der Waals surface area contributed by atoms with E-state index in [-0.39, 0.29) is 11.8 Å². The largest absolute Gasteiger partial charge is 0.508 e. The molecule has 1 N–H and O–H groups in total. The van der Waals surface area contributed by atoms with Crippen LogP contribution in [0.4, 0.5) is 5.69 Å². The van der Waals surface area contributed by atoms with E-state index in [0.717, 1.165) is 48.2 Å². The third-order valence-electron chi connectivity index (χ3n) is 4.85. The maximum atomic E-state index is 13.2. The van der Waals surface area contributed by atoms with E-state index in [2.05, 4.69) is 11.9 Å². The van der Waals surface area contributed by atoms with E-state index >= 15 is 0 Å². The van der Waals surface area contributed by atoms with Crippen LogP contribution in [0.3, 0.4) is 0 Å². The van der Waals surface area contributed by atoms with Crippen LogP contribution in [0, 0.1) is 0 Å². The molecule has 0 saturated heterocycles. The van der Waals surface area contributed by atoms with Gasteiger partial charge >= 0.3 is 0 Å². The van der Waals surface area contributed by atoms with E-state index in [1.807, 2.05) is 31.2 Å². The smallest absolute Gasteiger partial charge is 0.234 e. The zero-order chi connectivity index (χ0) is 17.1. The second-order valence-electron chi connectivity index (χ2n) is 6.23. The van der Waals surface area contributed by atoms with Gasteiger partial charge in [-0.15, -0.1) is 0 Å². The summed E-state index contributed by atoms with van der Waals surface area (Å²) in [6.07, 6.45) is 5.25. The van der Waals surface area contributed by atoms with Gasteiger partial charge in [-0.25, -0.2) is 0 Å². The van der Waals surface area contributed by atoms with E-state index in [0.29, 0.717) is 12.3 Å². The molecule has 1 unspecified atom stereocenters. The van der Waals surface area contributed by atoms with Crippen molar-refractivity contribution in [3.8, 4) is 5.75 Å². The number of hydrogen-bond acceptors (Lipinski definition) is 3. The summed E-state index contributed by atoms with van der Waals surface area (Å²) in [5.41, 5.74) is 3.77. The van der Waals surface area contributed by atoms with Gasteiger partial charge in [0, 0.05) is 12.2 Å². The molecule has 24 heavy (non-hydrogen) atoms. The third-order valence-corrected chi connectivity index (χ3v) is 4.85. The lowest BCUT2D eigenvalue weighted by Gasteiger charge is -2.30. The molecule has 0 fully saturated rings. The minimum absolute atomic E-state index is 0.0927. The molecule has 4 nitrogen and oxygen atoms in total. The van der Waals surface area contributed by atoms with Crippen LogP contribution < -0.4 is 4.90 Å². The highest BCUT2D eigenvalue weighted by Crippen LogP contribution is 2.37. The molecule has 2 aromatic rings. The summed E-state index contributed by atoms with van der Waals surface area (Å²) in [6.45, 7) is 4.66. The normalized spacial score (nSPS) is 16.5. The Kier molecular flexibility index (Phi) is 4.84. The first kappa shape index (κ1) is 16.5. The molecule has 0 spiro atoms. The molecular formula is C20H24N2O2. The molecule has 0 bridgehead atoms. The van der Waals surface area contributed by atoms with Crippen molar-refractivity contribution >= 4 is 11.6 Å². The molecule has 1 aromatic heterocycles. The Morgan fingerprint density at radius 3 is 2.79 bits per heavy atom. The first-order valence-electron chi connectivity index (χ1n) is 8.72. The number of anilines is 1. The number of aryl methyl sites for hydroxylation is 1. The molecule has 1 atom stereocenters. The number of rotatable bonds is 4. The molecule has 1 amide bonds. The standard InChI is InChI=1S/C20H24N2O2/c1-3-14-11-12-15(13-21-14)22(4-2)20(24)18-9-5-8-17-16(18)7-6-10-19(17)23/h6-7,10-13,18,23H,3-5,8-9H2,1-2H3. The van der Waals surface area contributed by atoms with Crippen LogP contribution in [0.25, 0.3) is 0 Å². The molecule has 1 aliphatic carbocycles. The molecular weight excluding hydrogens is 300 g/mol. The van der Waals surface area contributed by atoms with Crippen molar-refractivity contribution in [1.82, 2.24) is 4.98 Å². The van der Waals surface area contributed by atoms with Crippen LogP contribution >= 0.6 is 0 Å². The summed E-state index contributed by atoms with van der Waals surface area (Å²) in [7, 11) is 0. The highest BCUT2D eigenvalue weighted by Gasteiger charge is 2.31. The predicted molar refractivity (Wildman–Crippen MR) is 95.4 cm³/mol. The van der Waals surface area contributed by atoms with E-state index < -0.39 is 0 Å². The van der Waals surface area contributed by atoms with Gasteiger partial charge in [0.15, 0.2) is 0 Å². The fourth-order valence-corrected chi connectivity index (χ4v) is 3.53. The number of carbonyl (C=O) groups excluding carboxylic acids is 1. The van der Waals surface area contributed by atoms with E-state index in [1.165, 1.54) is 0 Å². The number of aromatic nitrogens is 1. The van der Waals surface area contributed by atoms with Crippen LogP contribution in [0.1, 0.15) is 49.4 Å². The summed E-state index contributed by atoms with van der Waals surface area (Å²) < 4.78 is 0. The monoisotopic (exact) mass is 324 g/mol. The van der Waals surface area contributed by atoms with Gasteiger partial charge in [0.25, 0.3) is 0 Å². The van der Waals surface area contributed by atoms with Gasteiger partial charge in [0.05, 0.1) is 17.8 Å². The number of phenols is 1. The SMILES string of the molecule is CCc1ccc(N(CC)C(=O)C2CCCc3c(O)cccc32)cn1. The van der Waals surface area contributed by atoms with Crippen LogP contribution in [0.5, 0.6) is 5.75 Å². The molecule has 0 saturated carbocycles. The minimum Gasteiger partial charge on any atom is -0.508 e. The number of fused-ring (bicyclic) bond motifs is 1. The first-order chi connectivity index (χ1) is 11.7. The molecule has 1 heterocycles. The zero-order valence-electron chi connectivity index (χ0n) is 14.3. The number of phenolic OH excluding ortho intramolecular Hbond substituents is 1. The summed E-state index contributed by atoms with van der Waals surface area (Å²) in [4.78, 5) is 19.4. The first-order valence-corrected chi connectivity index (χ1v) is 8.72. The summed E-state index contributed by atoms with van der Waals surface area (Å²) in [5, 5.41) is 10.1. The topological polar surface area (TPSA) is 53.4 Å².